The van der Waals surface area contributed by atoms with Crippen LogP contribution >= 0.6 is 15.9 Å². The van der Waals surface area contributed by atoms with Crippen molar-refractivity contribution in [2.24, 2.45) is 7.05 Å². The molecule has 0 aliphatic rings. The van der Waals surface area contributed by atoms with Crippen LogP contribution in [0.1, 0.15) is 23.3 Å². The highest BCUT2D eigenvalue weighted by molar-refractivity contribution is 9.09. The van der Waals surface area contributed by atoms with Crippen molar-refractivity contribution in [1.82, 2.24) is 14.9 Å². The van der Waals surface area contributed by atoms with Crippen LogP contribution in [0.2, 0.25) is 0 Å². The van der Waals surface area contributed by atoms with E-state index in [2.05, 4.69) is 26.2 Å². The van der Waals surface area contributed by atoms with Crippen molar-refractivity contribution in [3.8, 4) is 0 Å². The van der Waals surface area contributed by atoms with Gasteiger partial charge >= 0.3 is 0 Å². The van der Waals surface area contributed by atoms with Crippen LogP contribution in [0.25, 0.3) is 0 Å². The lowest BCUT2D eigenvalue weighted by Gasteiger charge is -2.04. The number of carbonyl (C=O) groups is 1. The summed E-state index contributed by atoms with van der Waals surface area (Å²) in [6.45, 7) is 0.718. The number of amides is 1. The second-order valence-corrected chi connectivity index (χ2v) is 3.83. The molecular weight excluding hydrogens is 246 g/mol. The minimum atomic E-state index is -0.0560. The first kappa shape index (κ1) is 11.2. The summed E-state index contributed by atoms with van der Waals surface area (Å²) >= 11 is 3.34. The average Bonchev–Trinajstić information content (AvgIpc) is 2.59. The van der Waals surface area contributed by atoms with Crippen LogP contribution < -0.4 is 5.32 Å². The predicted molar refractivity (Wildman–Crippen MR) is 58.6 cm³/mol. The summed E-state index contributed by atoms with van der Waals surface area (Å²) in [4.78, 5) is 15.4. The van der Waals surface area contributed by atoms with E-state index in [4.69, 9.17) is 0 Å². The molecule has 0 aliphatic heterocycles. The molecule has 0 aliphatic carbocycles. The van der Waals surface area contributed by atoms with Crippen molar-refractivity contribution in [3.05, 3.63) is 18.2 Å². The first-order valence-corrected chi connectivity index (χ1v) is 5.68. The van der Waals surface area contributed by atoms with Crippen molar-refractivity contribution < 1.29 is 4.79 Å². The van der Waals surface area contributed by atoms with Crippen LogP contribution in [0.4, 0.5) is 0 Å². The van der Waals surface area contributed by atoms with Crippen molar-refractivity contribution in [3.63, 3.8) is 0 Å². The van der Waals surface area contributed by atoms with Gasteiger partial charge in [-0.2, -0.15) is 0 Å². The number of aryl methyl sites for hydroxylation is 1. The van der Waals surface area contributed by atoms with Crippen LogP contribution in [0.3, 0.4) is 0 Å². The van der Waals surface area contributed by atoms with Gasteiger partial charge in [-0.1, -0.05) is 15.9 Å². The topological polar surface area (TPSA) is 46.9 Å². The zero-order chi connectivity index (χ0) is 10.4. The van der Waals surface area contributed by atoms with Gasteiger partial charge in [0, 0.05) is 18.9 Å². The van der Waals surface area contributed by atoms with E-state index in [9.17, 15) is 4.79 Å². The highest BCUT2D eigenvalue weighted by atomic mass is 79.9. The van der Waals surface area contributed by atoms with E-state index in [0.717, 1.165) is 24.7 Å². The second kappa shape index (κ2) is 5.80. The Kier molecular flexibility index (Phi) is 4.65. The third-order valence-corrected chi connectivity index (χ3v) is 2.46. The molecule has 0 fully saturated rings. The molecule has 0 bridgehead atoms. The molecule has 78 valence electrons. The molecule has 1 rings (SSSR count). The third-order valence-electron chi connectivity index (χ3n) is 1.90. The number of carbonyl (C=O) groups excluding carboxylic acids is 1. The maximum absolute atomic E-state index is 11.5. The Balaban J connectivity index is 2.32. The fourth-order valence-electron chi connectivity index (χ4n) is 1.09. The zero-order valence-electron chi connectivity index (χ0n) is 8.16. The van der Waals surface area contributed by atoms with Gasteiger partial charge in [-0.25, -0.2) is 4.98 Å². The van der Waals surface area contributed by atoms with Crippen molar-refractivity contribution in [1.29, 1.82) is 0 Å². The van der Waals surface area contributed by atoms with Gasteiger partial charge in [-0.05, 0) is 12.8 Å². The van der Waals surface area contributed by atoms with Crippen LogP contribution in [0.5, 0.6) is 0 Å². The fraction of sp³-hybridized carbons (Fsp3) is 0.556. The van der Waals surface area contributed by atoms with Crippen LogP contribution in [-0.2, 0) is 7.05 Å². The van der Waals surface area contributed by atoms with Crippen molar-refractivity contribution in [2.45, 2.75) is 12.8 Å². The molecule has 14 heavy (non-hydrogen) atoms. The third kappa shape index (κ3) is 3.14. The summed E-state index contributed by atoms with van der Waals surface area (Å²) in [5, 5.41) is 3.82. The average molecular weight is 260 g/mol. The SMILES string of the molecule is Cn1cncc1C(=O)NCCCCBr. The number of hydrogen-bond donors (Lipinski definition) is 1. The summed E-state index contributed by atoms with van der Waals surface area (Å²) in [7, 11) is 1.81. The first-order valence-electron chi connectivity index (χ1n) is 4.56. The Morgan fingerprint density at radius 1 is 1.64 bits per heavy atom. The van der Waals surface area contributed by atoms with E-state index in [1.54, 1.807) is 24.1 Å². The molecule has 0 saturated heterocycles. The monoisotopic (exact) mass is 259 g/mol. The second-order valence-electron chi connectivity index (χ2n) is 3.04. The van der Waals surface area contributed by atoms with Gasteiger partial charge in [-0.15, -0.1) is 0 Å². The minimum Gasteiger partial charge on any atom is -0.351 e. The quantitative estimate of drug-likeness (QED) is 0.641. The van der Waals surface area contributed by atoms with Gasteiger partial charge in [0.1, 0.15) is 5.69 Å². The molecule has 0 spiro atoms. The normalized spacial score (nSPS) is 10.1. The number of alkyl halides is 1. The number of hydrogen-bond acceptors (Lipinski definition) is 2. The molecule has 1 aromatic rings. The summed E-state index contributed by atoms with van der Waals surface area (Å²) in [6.07, 6.45) is 5.26. The molecule has 0 atom stereocenters. The first-order chi connectivity index (χ1) is 6.75. The van der Waals surface area contributed by atoms with Crippen molar-refractivity contribution >= 4 is 21.8 Å². The molecule has 0 saturated carbocycles. The molecule has 5 heteroatoms. The summed E-state index contributed by atoms with van der Waals surface area (Å²) in [6, 6.07) is 0. The fourth-order valence-corrected chi connectivity index (χ4v) is 1.48. The predicted octanol–water partition coefficient (Wildman–Crippen LogP) is 1.32. The molecule has 1 aromatic heterocycles. The smallest absolute Gasteiger partial charge is 0.269 e. The summed E-state index contributed by atoms with van der Waals surface area (Å²) in [5.74, 6) is -0.0560. The van der Waals surface area contributed by atoms with Gasteiger partial charge in [0.05, 0.1) is 12.5 Å². The minimum absolute atomic E-state index is 0.0560. The van der Waals surface area contributed by atoms with Gasteiger partial charge in [0.25, 0.3) is 5.91 Å². The van der Waals surface area contributed by atoms with Gasteiger partial charge in [-0.3, -0.25) is 4.79 Å². The Labute approximate surface area is 91.8 Å². The van der Waals surface area contributed by atoms with Crippen LogP contribution in [0.15, 0.2) is 12.5 Å². The molecule has 0 radical (unpaired) electrons. The molecule has 1 amide bonds. The number of imidazole rings is 1. The lowest BCUT2D eigenvalue weighted by Crippen LogP contribution is -2.26. The van der Waals surface area contributed by atoms with Gasteiger partial charge in [0.2, 0.25) is 0 Å². The number of nitrogens with zero attached hydrogens (tertiary/aromatic N) is 2. The van der Waals surface area contributed by atoms with Gasteiger partial charge < -0.3 is 9.88 Å². The van der Waals surface area contributed by atoms with E-state index in [-0.39, 0.29) is 5.91 Å². The maximum atomic E-state index is 11.5. The lowest BCUT2D eigenvalue weighted by molar-refractivity contribution is 0.0945. The van der Waals surface area contributed by atoms with E-state index < -0.39 is 0 Å². The Morgan fingerprint density at radius 3 is 3.00 bits per heavy atom. The molecule has 1 N–H and O–H groups in total. The standard InChI is InChI=1S/C9H14BrN3O/c1-13-7-11-6-8(13)9(14)12-5-3-2-4-10/h6-7H,2-5H2,1H3,(H,12,14). The van der Waals surface area contributed by atoms with E-state index in [1.807, 2.05) is 0 Å². The Morgan fingerprint density at radius 2 is 2.43 bits per heavy atom. The van der Waals surface area contributed by atoms with Crippen molar-refractivity contribution in [2.75, 3.05) is 11.9 Å². The number of nitrogens with one attached hydrogen (secondary N) is 1. The summed E-state index contributed by atoms with van der Waals surface area (Å²) < 4.78 is 1.71. The molecule has 0 unspecified atom stereocenters. The Hall–Kier alpha value is -0.840. The van der Waals surface area contributed by atoms with Crippen LogP contribution in [0, 0.1) is 0 Å². The molecule has 4 nitrogen and oxygen atoms in total. The lowest BCUT2D eigenvalue weighted by atomic mass is 10.3. The molecule has 0 aromatic carbocycles. The van der Waals surface area contributed by atoms with E-state index >= 15 is 0 Å². The Bertz CT molecular complexity index is 298. The largest absolute Gasteiger partial charge is 0.351 e. The van der Waals surface area contributed by atoms with Crippen LogP contribution in [-0.4, -0.2) is 27.3 Å². The number of halogens is 1. The van der Waals surface area contributed by atoms with E-state index in [1.165, 1.54) is 0 Å². The van der Waals surface area contributed by atoms with E-state index in [0.29, 0.717) is 5.69 Å². The highest BCUT2D eigenvalue weighted by Crippen LogP contribution is 1.96. The molecular formula is C9H14BrN3O. The zero-order valence-corrected chi connectivity index (χ0v) is 9.75. The number of unbranched alkanes of at least 4 members (excludes halogenated alkanes) is 1. The number of aromatic nitrogens is 2. The van der Waals surface area contributed by atoms with Gasteiger partial charge in [0.15, 0.2) is 0 Å². The number of rotatable bonds is 5. The highest BCUT2D eigenvalue weighted by Gasteiger charge is 2.07. The maximum Gasteiger partial charge on any atom is 0.269 e. The summed E-state index contributed by atoms with van der Waals surface area (Å²) in [5.41, 5.74) is 0.601. The molecule has 1 heterocycles.